The van der Waals surface area contributed by atoms with Crippen LogP contribution in [0.25, 0.3) is 33.4 Å². The van der Waals surface area contributed by atoms with Crippen molar-refractivity contribution in [2.24, 2.45) is 15.0 Å². The Balaban J connectivity index is 0.000000300. The van der Waals surface area contributed by atoms with Crippen molar-refractivity contribution in [1.29, 1.82) is 0 Å². The Morgan fingerprint density at radius 1 is 0.419 bits per heavy atom. The fourth-order valence-corrected chi connectivity index (χ4v) is 19.1. The van der Waals surface area contributed by atoms with E-state index in [1.54, 1.807) is 92.2 Å². The summed E-state index contributed by atoms with van der Waals surface area (Å²) in [6.07, 6.45) is 7.61. The molecule has 9 rings (SSSR count). The van der Waals surface area contributed by atoms with Crippen LogP contribution in [0.2, 0.25) is 0 Å². The molecule has 0 bridgehead atoms. The van der Waals surface area contributed by atoms with Crippen molar-refractivity contribution >= 4 is 89.0 Å². The summed E-state index contributed by atoms with van der Waals surface area (Å²) in [6, 6.07) is 21.4. The van der Waals surface area contributed by atoms with E-state index in [0.29, 0.717) is 53.0 Å². The van der Waals surface area contributed by atoms with Gasteiger partial charge < -0.3 is 61.8 Å². The van der Waals surface area contributed by atoms with E-state index in [2.05, 4.69) is 29.9 Å². The molecule has 6 aromatic rings. The van der Waals surface area contributed by atoms with Gasteiger partial charge in [0.25, 0.3) is 5.15 Å². The van der Waals surface area contributed by atoms with E-state index in [1.807, 2.05) is 48.7 Å². The van der Waals surface area contributed by atoms with Crippen LogP contribution in [0.5, 0.6) is 0 Å². The van der Waals surface area contributed by atoms with Gasteiger partial charge in [-0.25, -0.2) is 13.2 Å². The predicted octanol–water partition coefficient (Wildman–Crippen LogP) is 9.55. The molecule has 0 radical (unpaired) electrons. The van der Waals surface area contributed by atoms with Gasteiger partial charge in [-0.3, -0.25) is 52.8 Å². The molecular weight excluding hydrogens is 1390 g/mol. The van der Waals surface area contributed by atoms with Crippen LogP contribution in [0.3, 0.4) is 0 Å². The van der Waals surface area contributed by atoms with Gasteiger partial charge in [-0.2, -0.15) is 0 Å². The van der Waals surface area contributed by atoms with E-state index in [-0.39, 0.29) is 65.5 Å². The number of nitrogens with zero attached hydrogens (tertiary/aromatic N) is 6. The maximum absolute atomic E-state index is 17.7. The van der Waals surface area contributed by atoms with Crippen molar-refractivity contribution in [3.8, 4) is 33.4 Å². The largest absolute Gasteiger partial charge is 1.00 e. The van der Waals surface area contributed by atoms with E-state index in [0.717, 1.165) is 51.3 Å². The molecular formula is C57H70Cl2F3N6NaO18P6. The average molecular weight is 1460 g/mol. The van der Waals surface area contributed by atoms with Gasteiger partial charge in [0.05, 0.1) is 44.1 Å². The Labute approximate surface area is 570 Å². The van der Waals surface area contributed by atoms with Crippen LogP contribution in [0.1, 0.15) is 105 Å². The fraction of sp³-hybridized carbons (Fsp3) is 0.368. The standard InChI is InChI=1S/C27H39FN2O6P2.2C15H15FN2O6P2.2ClH.Na/c1-18(2)33-37(31,34-19(3)4)27(28,38(32,35-20(5)6)36-21(7)8)13-22-11-25(16-29-14-22)23-9-10-24-15-30-17-26(24)12-23;2*16-15(25(19,20)21,26(22,23)24)5-10-3-13(8-17-6-10)11-1-2-12-7-18-9-14(12)4-11;;;/h9-12,14,16-21H,13,15H2,1-8H3;2*1-4,6,8-9H,5,7H2,(H2,19,20,21)(H2,22,23,24);2*1H;/q;;;;;+1/p-1. The third-order valence-electron chi connectivity index (χ3n) is 13.6. The Kier molecular flexibility index (Phi) is 28.5. The van der Waals surface area contributed by atoms with E-state index in [9.17, 15) is 41.1 Å². The van der Waals surface area contributed by atoms with Gasteiger partial charge >= 0.3 is 77.8 Å². The minimum Gasteiger partial charge on any atom is -0.776 e. The number of hydrogen-bond donors (Lipinski definition) is 7. The van der Waals surface area contributed by atoms with E-state index >= 15 is 4.39 Å². The van der Waals surface area contributed by atoms with Gasteiger partial charge in [-0.1, -0.05) is 36.4 Å². The van der Waals surface area contributed by atoms with Crippen LogP contribution >= 0.6 is 70.4 Å². The second-order valence-corrected chi connectivity index (χ2v) is 34.8. The molecule has 0 spiro atoms. The number of rotatable bonds is 23. The predicted molar refractivity (Wildman–Crippen MR) is 346 cm³/mol. The summed E-state index contributed by atoms with van der Waals surface area (Å²) in [5.41, 5.74) is 10.2. The SMILES string of the molecule is CC(C)OP(=O)(OC(C)C)C(F)(Cc1cncc(-c2ccc3c(c2)C=NC3)c1)P(=O)(OC(C)C)OC(C)C.Cl.Cl.O=P(O)(O)C(F)(Cc1cncc(-c2ccc3c(c2)C=NC3)c1)P(=O)(O)O.O=P([O-])(O)C(F)(Cc1cncc(-c2ccc3c(c2)C=NC3)c1)P(=O)(O)O.[Na+]. The maximum Gasteiger partial charge on any atom is 1.00 e. The number of aromatic nitrogens is 3. The number of hydrogen-bond acceptors (Lipinski definition) is 17. The number of aliphatic imine (C=N–C) groups is 3. The molecule has 2 unspecified atom stereocenters. The van der Waals surface area contributed by atoms with Crippen molar-refractivity contribution in [2.75, 3.05) is 0 Å². The van der Waals surface area contributed by atoms with Crippen LogP contribution < -0.4 is 34.5 Å². The molecule has 3 aliphatic heterocycles. The summed E-state index contributed by atoms with van der Waals surface area (Å²) in [7, 11) is -32.9. The molecule has 2 atom stereocenters. The zero-order valence-electron chi connectivity index (χ0n) is 51.6. The van der Waals surface area contributed by atoms with E-state index in [1.165, 1.54) is 30.7 Å². The third kappa shape index (κ3) is 19.4. The van der Waals surface area contributed by atoms with Crippen molar-refractivity contribution in [1.82, 2.24) is 15.0 Å². The Hall–Kier alpha value is -3.61. The minimum absolute atomic E-state index is 0. The zero-order valence-corrected chi connectivity index (χ0v) is 60.6. The summed E-state index contributed by atoms with van der Waals surface area (Å²) in [6.45, 7) is 14.6. The summed E-state index contributed by atoms with van der Waals surface area (Å²) in [5.74, 6) is 0. The number of fused-ring (bicyclic) bond motifs is 3. The molecule has 0 aliphatic carbocycles. The van der Waals surface area contributed by atoms with Crippen molar-refractivity contribution < 1.29 is 127 Å². The van der Waals surface area contributed by atoms with Gasteiger partial charge in [-0.15, -0.1) is 24.8 Å². The Morgan fingerprint density at radius 3 is 0.925 bits per heavy atom. The van der Waals surface area contributed by atoms with E-state index in [4.69, 9.17) is 52.3 Å². The summed E-state index contributed by atoms with van der Waals surface area (Å²) in [4.78, 5) is 99.7. The van der Waals surface area contributed by atoms with Crippen LogP contribution in [-0.2, 0) is 84.4 Å². The Bertz CT molecular complexity index is 3770. The molecule has 3 aromatic carbocycles. The zero-order chi connectivity index (χ0) is 66.6. The third-order valence-corrected chi connectivity index (χ3v) is 27.1. The van der Waals surface area contributed by atoms with Crippen LogP contribution in [0.15, 0.2) is 125 Å². The van der Waals surface area contributed by atoms with Crippen molar-refractivity contribution in [3.05, 3.63) is 160 Å². The van der Waals surface area contributed by atoms with Gasteiger partial charge in [0.1, 0.15) is 0 Å². The molecule has 3 aromatic heterocycles. The van der Waals surface area contributed by atoms with Gasteiger partial charge in [0.15, 0.2) is 7.60 Å². The fourth-order valence-electron chi connectivity index (χ4n) is 9.42. The molecule has 3 aliphatic rings. The first-order chi connectivity index (χ1) is 41.7. The van der Waals surface area contributed by atoms with Crippen LogP contribution in [0, 0.1) is 0 Å². The topological polar surface area (TPSA) is 380 Å². The van der Waals surface area contributed by atoms with Gasteiger partial charge in [-0.05, 0) is 159 Å². The molecule has 6 heterocycles. The molecule has 0 saturated heterocycles. The first-order valence-corrected chi connectivity index (χ1v) is 37.1. The number of benzene rings is 3. The normalized spacial score (nSPS) is 15.0. The maximum atomic E-state index is 17.7. The van der Waals surface area contributed by atoms with Crippen molar-refractivity contribution in [2.45, 2.75) is 134 Å². The van der Waals surface area contributed by atoms with Crippen LogP contribution in [-0.4, -0.2) is 108 Å². The second kappa shape index (κ2) is 32.4. The number of pyridine rings is 3. The summed E-state index contributed by atoms with van der Waals surface area (Å²) >= 11 is 0. The summed E-state index contributed by atoms with van der Waals surface area (Å²) < 4.78 is 144. The first kappa shape index (κ1) is 81.8. The molecule has 502 valence electrons. The Morgan fingerprint density at radius 2 is 0.677 bits per heavy atom. The van der Waals surface area contributed by atoms with E-state index < -0.39 is 105 Å². The first-order valence-electron chi connectivity index (χ1n) is 27.6. The molecule has 93 heavy (non-hydrogen) atoms. The van der Waals surface area contributed by atoms with Crippen molar-refractivity contribution in [3.63, 3.8) is 0 Å². The van der Waals surface area contributed by atoms with Gasteiger partial charge in [0.2, 0.25) is 0 Å². The summed E-state index contributed by atoms with van der Waals surface area (Å²) in [5, 5.41) is -11.3. The number of alkyl halides is 3. The molecule has 7 N–H and O–H groups in total. The molecule has 0 fully saturated rings. The molecule has 0 amide bonds. The minimum atomic E-state index is -6.00. The van der Waals surface area contributed by atoms with Crippen LogP contribution in [0.4, 0.5) is 13.2 Å². The quantitative estimate of drug-likeness (QED) is 0.0232. The average Bonchev–Trinajstić information content (AvgIpc) is 1.50. The molecule has 24 nitrogen and oxygen atoms in total. The second-order valence-electron chi connectivity index (χ2n) is 22.3. The van der Waals surface area contributed by atoms with Gasteiger partial charge in [0, 0.05) is 91.8 Å². The monoisotopic (exact) mass is 1460 g/mol. The molecule has 0 saturated carbocycles. The molecule has 36 heteroatoms. The smallest absolute Gasteiger partial charge is 0.776 e. The number of halogens is 5.